The summed E-state index contributed by atoms with van der Waals surface area (Å²) < 4.78 is 5.88. The number of fused-ring (bicyclic) bond motifs is 2. The van der Waals surface area contributed by atoms with Crippen LogP contribution in [0.4, 0.5) is 0 Å². The Labute approximate surface area is 97.5 Å². The molecule has 0 aromatic carbocycles. The number of rotatable bonds is 5. The fraction of sp³-hybridized carbons (Fsp3) is 0.917. The molecular formula is C12H22N2O2. The van der Waals surface area contributed by atoms with E-state index in [1.54, 1.807) is 0 Å². The summed E-state index contributed by atoms with van der Waals surface area (Å²) in [5.74, 6) is 0. The highest BCUT2D eigenvalue weighted by Gasteiger charge is 2.40. The molecule has 2 bridgehead atoms. The molecule has 0 saturated carbocycles. The summed E-state index contributed by atoms with van der Waals surface area (Å²) in [6, 6.07) is 0.890. The molecule has 2 heterocycles. The van der Waals surface area contributed by atoms with E-state index in [0.29, 0.717) is 18.2 Å². The quantitative estimate of drug-likeness (QED) is 0.647. The zero-order valence-electron chi connectivity index (χ0n) is 10.3. The Hall–Kier alpha value is -0.610. The first-order valence-corrected chi connectivity index (χ1v) is 6.19. The fourth-order valence-electron chi connectivity index (χ4n) is 2.87. The molecule has 0 radical (unpaired) electrons. The lowest BCUT2D eigenvalue weighted by molar-refractivity contribution is -0.125. The predicted octanol–water partition coefficient (Wildman–Crippen LogP) is 0.716. The summed E-state index contributed by atoms with van der Waals surface area (Å²) in [6.07, 6.45) is 5.78. The van der Waals surface area contributed by atoms with Crippen molar-refractivity contribution in [3.63, 3.8) is 0 Å². The molecule has 0 aromatic heterocycles. The van der Waals surface area contributed by atoms with Gasteiger partial charge in [0.25, 0.3) is 0 Å². The summed E-state index contributed by atoms with van der Waals surface area (Å²) >= 11 is 0. The first-order valence-electron chi connectivity index (χ1n) is 6.19. The van der Waals surface area contributed by atoms with Crippen LogP contribution in [0.2, 0.25) is 0 Å². The number of likely N-dealkylation sites (N-methyl/N-ethyl adjacent to an activating group) is 1. The van der Waals surface area contributed by atoms with Crippen LogP contribution in [0.3, 0.4) is 0 Å². The van der Waals surface area contributed by atoms with Crippen LogP contribution in [-0.4, -0.2) is 61.6 Å². The summed E-state index contributed by atoms with van der Waals surface area (Å²) in [5.41, 5.74) is 0. The highest BCUT2D eigenvalue weighted by molar-refractivity contribution is 5.49. The van der Waals surface area contributed by atoms with E-state index in [-0.39, 0.29) is 0 Å². The molecule has 2 saturated heterocycles. The average molecular weight is 226 g/mol. The van der Waals surface area contributed by atoms with Crippen LogP contribution in [0.5, 0.6) is 0 Å². The highest BCUT2D eigenvalue weighted by Crippen LogP contribution is 2.35. The van der Waals surface area contributed by atoms with Crippen molar-refractivity contribution in [2.75, 3.05) is 27.2 Å². The van der Waals surface area contributed by atoms with Crippen LogP contribution < -0.4 is 0 Å². The lowest BCUT2D eigenvalue weighted by atomic mass is 10.0. The van der Waals surface area contributed by atoms with Gasteiger partial charge in [-0.1, -0.05) is 0 Å². The molecule has 3 atom stereocenters. The van der Waals surface area contributed by atoms with E-state index < -0.39 is 0 Å². The smallest absolute Gasteiger partial charge is 0.210 e. The first-order chi connectivity index (χ1) is 7.70. The van der Waals surface area contributed by atoms with Crippen molar-refractivity contribution in [3.8, 4) is 0 Å². The number of hydrogen-bond donors (Lipinski definition) is 0. The SMILES string of the molecule is CN(C)CCOC1C[C@H]2CC[C@@H](C1)N2C=O. The third kappa shape index (κ3) is 2.55. The van der Waals surface area contributed by atoms with E-state index in [1.807, 2.05) is 4.90 Å². The number of nitrogens with zero attached hydrogens (tertiary/aromatic N) is 2. The molecule has 16 heavy (non-hydrogen) atoms. The van der Waals surface area contributed by atoms with Crippen molar-refractivity contribution in [1.82, 2.24) is 9.80 Å². The van der Waals surface area contributed by atoms with Gasteiger partial charge in [-0.25, -0.2) is 0 Å². The minimum Gasteiger partial charge on any atom is -0.377 e. The minimum absolute atomic E-state index is 0.369. The second kappa shape index (κ2) is 5.15. The van der Waals surface area contributed by atoms with E-state index in [4.69, 9.17) is 4.74 Å². The molecule has 1 unspecified atom stereocenters. The second-order valence-electron chi connectivity index (χ2n) is 5.21. The first kappa shape index (κ1) is 11.9. The van der Waals surface area contributed by atoms with Crippen molar-refractivity contribution in [2.45, 2.75) is 43.9 Å². The molecule has 0 aliphatic carbocycles. The largest absolute Gasteiger partial charge is 0.377 e. The Morgan fingerprint density at radius 3 is 2.44 bits per heavy atom. The Balaban J connectivity index is 1.77. The van der Waals surface area contributed by atoms with Crippen molar-refractivity contribution in [1.29, 1.82) is 0 Å². The van der Waals surface area contributed by atoms with Gasteiger partial charge in [-0.2, -0.15) is 0 Å². The molecule has 2 aliphatic rings. The van der Waals surface area contributed by atoms with Gasteiger partial charge in [0, 0.05) is 18.6 Å². The Morgan fingerprint density at radius 1 is 1.31 bits per heavy atom. The van der Waals surface area contributed by atoms with Gasteiger partial charge >= 0.3 is 0 Å². The van der Waals surface area contributed by atoms with Crippen molar-refractivity contribution >= 4 is 6.41 Å². The topological polar surface area (TPSA) is 32.8 Å². The molecule has 2 rings (SSSR count). The highest BCUT2D eigenvalue weighted by atomic mass is 16.5. The van der Waals surface area contributed by atoms with Crippen molar-refractivity contribution < 1.29 is 9.53 Å². The van der Waals surface area contributed by atoms with Crippen LogP contribution in [0.15, 0.2) is 0 Å². The van der Waals surface area contributed by atoms with E-state index in [9.17, 15) is 4.79 Å². The van der Waals surface area contributed by atoms with Gasteiger partial charge in [0.1, 0.15) is 0 Å². The number of carbonyl (C=O) groups is 1. The third-order valence-electron chi connectivity index (χ3n) is 3.76. The third-order valence-corrected chi connectivity index (χ3v) is 3.76. The molecule has 0 aromatic rings. The zero-order valence-corrected chi connectivity index (χ0v) is 10.3. The van der Waals surface area contributed by atoms with Crippen LogP contribution in [0, 0.1) is 0 Å². The number of amides is 1. The molecule has 0 N–H and O–H groups in total. The van der Waals surface area contributed by atoms with Crippen LogP contribution in [0.1, 0.15) is 25.7 Å². The van der Waals surface area contributed by atoms with Crippen LogP contribution in [-0.2, 0) is 9.53 Å². The average Bonchev–Trinajstić information content (AvgIpc) is 2.48. The second-order valence-corrected chi connectivity index (χ2v) is 5.21. The molecule has 2 aliphatic heterocycles. The number of piperidine rings is 1. The molecule has 92 valence electrons. The van der Waals surface area contributed by atoms with Gasteiger partial charge in [-0.05, 0) is 39.8 Å². The molecule has 1 amide bonds. The maximum absolute atomic E-state index is 10.9. The normalized spacial score (nSPS) is 33.4. The predicted molar refractivity (Wildman–Crippen MR) is 62.2 cm³/mol. The van der Waals surface area contributed by atoms with Gasteiger partial charge in [0.2, 0.25) is 6.41 Å². The summed E-state index contributed by atoms with van der Waals surface area (Å²) in [7, 11) is 4.12. The number of ether oxygens (including phenoxy) is 1. The van der Waals surface area contributed by atoms with Gasteiger partial charge < -0.3 is 14.5 Å². The molecular weight excluding hydrogens is 204 g/mol. The molecule has 0 spiro atoms. The fourth-order valence-corrected chi connectivity index (χ4v) is 2.87. The van der Waals surface area contributed by atoms with Gasteiger partial charge in [0.05, 0.1) is 12.7 Å². The van der Waals surface area contributed by atoms with E-state index in [2.05, 4.69) is 19.0 Å². The standard InChI is InChI=1S/C12H22N2O2/c1-13(2)5-6-16-12-7-10-3-4-11(8-12)14(10)9-15/h9-12H,3-8H2,1-2H3/t10-,11+,12?. The number of hydrogen-bond acceptors (Lipinski definition) is 3. The zero-order chi connectivity index (χ0) is 11.5. The summed E-state index contributed by atoms with van der Waals surface area (Å²) in [5, 5.41) is 0. The van der Waals surface area contributed by atoms with E-state index >= 15 is 0 Å². The molecule has 2 fully saturated rings. The summed E-state index contributed by atoms with van der Waals surface area (Å²) in [4.78, 5) is 15.0. The van der Waals surface area contributed by atoms with Crippen LogP contribution in [0.25, 0.3) is 0 Å². The van der Waals surface area contributed by atoms with E-state index in [0.717, 1.165) is 45.2 Å². The minimum atomic E-state index is 0.369. The molecule has 4 heteroatoms. The monoisotopic (exact) mass is 226 g/mol. The lowest BCUT2D eigenvalue weighted by Crippen LogP contribution is -2.44. The lowest BCUT2D eigenvalue weighted by Gasteiger charge is -2.36. The maximum atomic E-state index is 10.9. The Kier molecular flexibility index (Phi) is 3.82. The Bertz CT molecular complexity index is 231. The van der Waals surface area contributed by atoms with Gasteiger partial charge in [-0.3, -0.25) is 4.79 Å². The van der Waals surface area contributed by atoms with E-state index in [1.165, 1.54) is 0 Å². The van der Waals surface area contributed by atoms with Gasteiger partial charge in [-0.15, -0.1) is 0 Å². The number of carbonyl (C=O) groups excluding carboxylic acids is 1. The maximum Gasteiger partial charge on any atom is 0.210 e. The van der Waals surface area contributed by atoms with Crippen molar-refractivity contribution in [2.24, 2.45) is 0 Å². The Morgan fingerprint density at radius 2 is 1.94 bits per heavy atom. The van der Waals surface area contributed by atoms with Crippen LogP contribution >= 0.6 is 0 Å². The summed E-state index contributed by atoms with van der Waals surface area (Å²) in [6.45, 7) is 1.78. The van der Waals surface area contributed by atoms with Crippen molar-refractivity contribution in [3.05, 3.63) is 0 Å². The molecule has 4 nitrogen and oxygen atoms in total. The van der Waals surface area contributed by atoms with Gasteiger partial charge in [0.15, 0.2) is 0 Å².